The fraction of sp³-hybridized carbons (Fsp3) is 0.474. The Balaban J connectivity index is 2.00. The monoisotopic (exact) mass is 395 g/mol. The molecule has 0 fully saturated rings. The summed E-state index contributed by atoms with van der Waals surface area (Å²) in [5, 5.41) is 6.17. The second-order valence-corrected chi connectivity index (χ2v) is 6.65. The van der Waals surface area contributed by atoms with Crippen molar-refractivity contribution in [1.82, 2.24) is 15.5 Å². The van der Waals surface area contributed by atoms with Crippen LogP contribution < -0.4 is 15.4 Å². The lowest BCUT2D eigenvalue weighted by Gasteiger charge is -2.30. The predicted molar refractivity (Wildman–Crippen MR) is 104 cm³/mol. The molecule has 0 saturated carbocycles. The predicted octanol–water partition coefficient (Wildman–Crippen LogP) is 2.56. The van der Waals surface area contributed by atoms with Crippen LogP contribution in [0.25, 0.3) is 0 Å². The molecule has 2 N–H and O–H groups in total. The minimum atomic E-state index is -0.405. The van der Waals surface area contributed by atoms with Crippen LogP contribution in [0.4, 0.5) is 4.79 Å². The van der Waals surface area contributed by atoms with Gasteiger partial charge in [-0.15, -0.1) is 0 Å². The van der Waals surface area contributed by atoms with E-state index in [0.717, 1.165) is 5.75 Å². The van der Waals surface area contributed by atoms with Gasteiger partial charge >= 0.3 is 12.0 Å². The number of carbonyl (C=O) groups is 2. The average Bonchev–Trinajstić information content (AvgIpc) is 2.63. The van der Waals surface area contributed by atoms with Crippen LogP contribution in [-0.2, 0) is 9.53 Å². The summed E-state index contributed by atoms with van der Waals surface area (Å²) in [6.45, 7) is 5.43. The molecule has 8 heteroatoms. The van der Waals surface area contributed by atoms with Gasteiger partial charge in [-0.25, -0.2) is 9.59 Å². The maximum atomic E-state index is 12.4. The third-order valence-corrected chi connectivity index (χ3v) is 4.38. The number of hydrogen-bond acceptors (Lipinski definition) is 5. The normalized spacial score (nSPS) is 16.8. The molecule has 0 spiro atoms. The van der Waals surface area contributed by atoms with Crippen LogP contribution in [-0.4, -0.2) is 56.3 Å². The van der Waals surface area contributed by atoms with E-state index in [9.17, 15) is 9.59 Å². The van der Waals surface area contributed by atoms with Gasteiger partial charge in [-0.1, -0.05) is 18.5 Å². The molecule has 1 heterocycles. The van der Waals surface area contributed by atoms with Gasteiger partial charge < -0.3 is 20.1 Å². The van der Waals surface area contributed by atoms with E-state index in [-0.39, 0.29) is 18.7 Å². The van der Waals surface area contributed by atoms with Crippen LogP contribution in [0.3, 0.4) is 0 Å². The maximum absolute atomic E-state index is 12.4. The van der Waals surface area contributed by atoms with Crippen LogP contribution in [0.5, 0.6) is 5.75 Å². The highest BCUT2D eigenvalue weighted by Crippen LogP contribution is 2.18. The summed E-state index contributed by atoms with van der Waals surface area (Å²) in [5.41, 5.74) is 1.04. The van der Waals surface area contributed by atoms with Crippen molar-refractivity contribution in [3.63, 3.8) is 0 Å². The topological polar surface area (TPSA) is 79.9 Å². The van der Waals surface area contributed by atoms with E-state index in [1.165, 1.54) is 0 Å². The van der Waals surface area contributed by atoms with E-state index in [1.807, 2.05) is 31.0 Å². The Morgan fingerprint density at radius 3 is 2.59 bits per heavy atom. The van der Waals surface area contributed by atoms with Crippen molar-refractivity contribution in [3.8, 4) is 5.75 Å². The summed E-state index contributed by atoms with van der Waals surface area (Å²) in [6, 6.07) is 6.49. The highest BCUT2D eigenvalue weighted by Gasteiger charge is 2.31. The lowest BCUT2D eigenvalue weighted by atomic mass is 10.00. The summed E-state index contributed by atoms with van der Waals surface area (Å²) >= 11 is 5.86. The molecular weight excluding hydrogens is 370 g/mol. The molecule has 1 aliphatic rings. The van der Waals surface area contributed by atoms with Crippen molar-refractivity contribution in [1.29, 1.82) is 0 Å². The number of likely N-dealkylation sites (N-methyl/N-ethyl adjacent to an activating group) is 1. The Labute approximate surface area is 164 Å². The van der Waals surface area contributed by atoms with Crippen molar-refractivity contribution in [2.75, 3.05) is 33.4 Å². The Morgan fingerprint density at radius 2 is 1.96 bits per heavy atom. The van der Waals surface area contributed by atoms with E-state index in [2.05, 4.69) is 10.6 Å². The summed E-state index contributed by atoms with van der Waals surface area (Å²) in [4.78, 5) is 26.3. The number of benzene rings is 1. The molecule has 1 aromatic carbocycles. The van der Waals surface area contributed by atoms with Crippen molar-refractivity contribution in [2.24, 2.45) is 0 Å². The fourth-order valence-corrected chi connectivity index (χ4v) is 2.91. The first-order chi connectivity index (χ1) is 12.9. The van der Waals surface area contributed by atoms with Gasteiger partial charge in [0, 0.05) is 23.8 Å². The molecule has 0 aromatic heterocycles. The number of amides is 2. The summed E-state index contributed by atoms with van der Waals surface area (Å²) < 4.78 is 10.9. The van der Waals surface area contributed by atoms with E-state index < -0.39 is 5.97 Å². The van der Waals surface area contributed by atoms with Crippen molar-refractivity contribution < 1.29 is 19.1 Å². The number of nitrogens with one attached hydrogen (secondary N) is 2. The first-order valence-electron chi connectivity index (χ1n) is 8.99. The zero-order chi connectivity index (χ0) is 19.8. The molecule has 0 unspecified atom stereocenters. The zero-order valence-electron chi connectivity index (χ0n) is 15.9. The fourth-order valence-electron chi connectivity index (χ4n) is 2.79. The molecule has 2 amide bonds. The van der Waals surface area contributed by atoms with Gasteiger partial charge in [-0.2, -0.15) is 0 Å². The van der Waals surface area contributed by atoms with E-state index in [1.54, 1.807) is 19.1 Å². The standard InChI is InChI=1S/C19H26ClN3O4/c1-4-15-17(18(24)26-5-2)16(22-19(25)21-15)12-23(3)10-11-27-14-8-6-13(20)7-9-14/h6-9,15H,4-5,10-12H2,1-3H3,(H2,21,22,25)/t15-/m0/s1. The number of nitrogens with zero attached hydrogens (tertiary/aromatic N) is 1. The van der Waals surface area contributed by atoms with Crippen LogP contribution in [0.1, 0.15) is 20.3 Å². The van der Waals surface area contributed by atoms with Gasteiger partial charge in [0.05, 0.1) is 18.2 Å². The molecule has 0 saturated heterocycles. The van der Waals surface area contributed by atoms with Gasteiger partial charge in [-0.05, 0) is 44.7 Å². The highest BCUT2D eigenvalue weighted by molar-refractivity contribution is 6.30. The smallest absolute Gasteiger partial charge is 0.337 e. The minimum absolute atomic E-state index is 0.283. The van der Waals surface area contributed by atoms with Crippen molar-refractivity contribution in [2.45, 2.75) is 26.3 Å². The third kappa shape index (κ3) is 6.15. The lowest BCUT2D eigenvalue weighted by molar-refractivity contribution is -0.139. The van der Waals surface area contributed by atoms with Crippen LogP contribution in [0.15, 0.2) is 35.5 Å². The van der Waals surface area contributed by atoms with Gasteiger partial charge in [0.1, 0.15) is 12.4 Å². The van der Waals surface area contributed by atoms with E-state index >= 15 is 0 Å². The molecule has 7 nitrogen and oxygen atoms in total. The molecule has 0 bridgehead atoms. The van der Waals surface area contributed by atoms with Gasteiger partial charge in [0.2, 0.25) is 0 Å². The van der Waals surface area contributed by atoms with Crippen molar-refractivity contribution >= 4 is 23.6 Å². The third-order valence-electron chi connectivity index (χ3n) is 4.13. The number of ether oxygens (including phenoxy) is 2. The first kappa shape index (κ1) is 21.1. The van der Waals surface area contributed by atoms with E-state index in [4.69, 9.17) is 21.1 Å². The number of urea groups is 1. The molecule has 1 atom stereocenters. The summed E-state index contributed by atoms with van der Waals surface area (Å²) in [7, 11) is 1.90. The van der Waals surface area contributed by atoms with Crippen LogP contribution in [0, 0.1) is 0 Å². The molecule has 0 radical (unpaired) electrons. The Hall–Kier alpha value is -2.25. The van der Waals surface area contributed by atoms with Gasteiger partial charge in [0.25, 0.3) is 0 Å². The number of hydrogen-bond donors (Lipinski definition) is 2. The molecule has 1 aliphatic heterocycles. The molecule has 27 heavy (non-hydrogen) atoms. The maximum Gasteiger partial charge on any atom is 0.337 e. The van der Waals surface area contributed by atoms with Gasteiger partial charge in [0.15, 0.2) is 0 Å². The Bertz CT molecular complexity index is 691. The minimum Gasteiger partial charge on any atom is -0.492 e. The zero-order valence-corrected chi connectivity index (χ0v) is 16.6. The number of halogens is 1. The number of esters is 1. The van der Waals surface area contributed by atoms with E-state index in [0.29, 0.717) is 42.4 Å². The molecule has 148 valence electrons. The number of rotatable bonds is 9. The molecule has 0 aliphatic carbocycles. The largest absolute Gasteiger partial charge is 0.492 e. The second-order valence-electron chi connectivity index (χ2n) is 6.21. The van der Waals surface area contributed by atoms with Gasteiger partial charge in [-0.3, -0.25) is 4.90 Å². The molecule has 2 rings (SSSR count). The second kappa shape index (κ2) is 10.2. The highest BCUT2D eigenvalue weighted by atomic mass is 35.5. The van der Waals surface area contributed by atoms with Crippen LogP contribution in [0.2, 0.25) is 5.02 Å². The quantitative estimate of drug-likeness (QED) is 0.628. The molecular formula is C19H26ClN3O4. The number of carbonyl (C=O) groups excluding carboxylic acids is 2. The molecule has 1 aromatic rings. The lowest BCUT2D eigenvalue weighted by Crippen LogP contribution is -2.52. The summed E-state index contributed by atoms with van der Waals surface area (Å²) in [6.07, 6.45) is 0.606. The average molecular weight is 396 g/mol. The first-order valence-corrected chi connectivity index (χ1v) is 9.37. The summed E-state index contributed by atoms with van der Waals surface area (Å²) in [5.74, 6) is 0.332. The van der Waals surface area contributed by atoms with Crippen molar-refractivity contribution in [3.05, 3.63) is 40.6 Å². The van der Waals surface area contributed by atoms with Crippen LogP contribution >= 0.6 is 11.6 Å². The Morgan fingerprint density at radius 1 is 1.26 bits per heavy atom. The Kier molecular flexibility index (Phi) is 7.94. The SMILES string of the molecule is CCOC(=O)C1=C(CN(C)CCOc2ccc(Cl)cc2)NC(=O)N[C@H]1CC.